The molecule has 0 N–H and O–H groups in total. The summed E-state index contributed by atoms with van der Waals surface area (Å²) >= 11 is 0. The van der Waals surface area contributed by atoms with Crippen molar-refractivity contribution in [2.45, 2.75) is 0 Å². The largest absolute Gasteiger partial charge is 0.457 e. The van der Waals surface area contributed by atoms with E-state index in [-0.39, 0.29) is 0 Å². The summed E-state index contributed by atoms with van der Waals surface area (Å²) in [5.74, 6) is 2.19. The van der Waals surface area contributed by atoms with Crippen LogP contribution >= 0.6 is 0 Å². The number of nitrogens with zero attached hydrogens (tertiary/aromatic N) is 3. The van der Waals surface area contributed by atoms with Gasteiger partial charge in [0.1, 0.15) is 11.5 Å². The third-order valence-electron chi connectivity index (χ3n) is 9.15. The minimum Gasteiger partial charge on any atom is -0.457 e. The van der Waals surface area contributed by atoms with Crippen LogP contribution in [0, 0.1) is 0 Å². The molecule has 0 atom stereocenters. The van der Waals surface area contributed by atoms with Gasteiger partial charge in [0.05, 0.1) is 22.6 Å². The van der Waals surface area contributed by atoms with Crippen molar-refractivity contribution in [1.29, 1.82) is 0 Å². The topological polar surface area (TPSA) is 47.9 Å². The Labute approximate surface area is 296 Å². The standard InChI is InChI=1S/C47H31N3O/c1-4-13-32(14-5-1)39-20-12-21-41-45(39)40-19-10-11-22-42(40)48-46(41)35-25-29-38(30-26-35)51-37-27-23-34(24-28-37)44-31-43(33-15-6-2-7-16-33)49-47(50-44)36-17-8-3-9-18-36/h1-31H. The van der Waals surface area contributed by atoms with Crippen molar-refractivity contribution in [1.82, 2.24) is 15.0 Å². The summed E-state index contributed by atoms with van der Waals surface area (Å²) in [7, 11) is 0. The predicted octanol–water partition coefficient (Wildman–Crippen LogP) is 12.3. The average molecular weight is 654 g/mol. The van der Waals surface area contributed by atoms with Crippen LogP contribution in [-0.4, -0.2) is 15.0 Å². The van der Waals surface area contributed by atoms with Gasteiger partial charge in [-0.3, -0.25) is 0 Å². The predicted molar refractivity (Wildman–Crippen MR) is 209 cm³/mol. The molecule has 0 unspecified atom stereocenters. The minimum atomic E-state index is 0.692. The van der Waals surface area contributed by atoms with Crippen molar-refractivity contribution in [3.05, 3.63) is 188 Å². The smallest absolute Gasteiger partial charge is 0.160 e. The summed E-state index contributed by atoms with van der Waals surface area (Å²) in [4.78, 5) is 15.0. The number of ether oxygens (including phenoxy) is 1. The van der Waals surface area contributed by atoms with Gasteiger partial charge in [-0.2, -0.15) is 0 Å². The van der Waals surface area contributed by atoms with Gasteiger partial charge in [0.25, 0.3) is 0 Å². The van der Waals surface area contributed by atoms with Gasteiger partial charge in [0.15, 0.2) is 5.82 Å². The van der Waals surface area contributed by atoms with E-state index >= 15 is 0 Å². The zero-order valence-corrected chi connectivity index (χ0v) is 27.6. The molecule has 4 heteroatoms. The molecule has 7 aromatic carbocycles. The molecule has 2 aromatic heterocycles. The van der Waals surface area contributed by atoms with Crippen molar-refractivity contribution in [2.24, 2.45) is 0 Å². The summed E-state index contributed by atoms with van der Waals surface area (Å²) in [6.45, 7) is 0. The molecule has 0 fully saturated rings. The quantitative estimate of drug-likeness (QED) is 0.161. The van der Waals surface area contributed by atoms with Gasteiger partial charge in [-0.25, -0.2) is 15.0 Å². The van der Waals surface area contributed by atoms with E-state index in [0.717, 1.165) is 67.1 Å². The maximum Gasteiger partial charge on any atom is 0.160 e. The summed E-state index contributed by atoms with van der Waals surface area (Å²) in [5, 5.41) is 3.48. The summed E-state index contributed by atoms with van der Waals surface area (Å²) in [5.41, 5.74) is 10.1. The second-order valence-corrected chi connectivity index (χ2v) is 12.4. The zero-order chi connectivity index (χ0) is 34.0. The molecule has 0 aliphatic heterocycles. The number of aromatic nitrogens is 3. The highest BCUT2D eigenvalue weighted by Crippen LogP contribution is 2.39. The lowest BCUT2D eigenvalue weighted by Gasteiger charge is -2.14. The lowest BCUT2D eigenvalue weighted by Crippen LogP contribution is -1.95. The van der Waals surface area contributed by atoms with Crippen LogP contribution in [0.5, 0.6) is 11.5 Å². The van der Waals surface area contributed by atoms with Crippen LogP contribution in [-0.2, 0) is 0 Å². The molecule has 4 nitrogen and oxygen atoms in total. The van der Waals surface area contributed by atoms with Crippen LogP contribution in [0.2, 0.25) is 0 Å². The van der Waals surface area contributed by atoms with Crippen LogP contribution in [0.25, 0.3) is 78.0 Å². The first-order valence-electron chi connectivity index (χ1n) is 17.0. The van der Waals surface area contributed by atoms with Gasteiger partial charge in [0.2, 0.25) is 0 Å². The third kappa shape index (κ3) is 6.00. The number of rotatable bonds is 7. The van der Waals surface area contributed by atoms with E-state index in [1.165, 1.54) is 16.5 Å². The van der Waals surface area contributed by atoms with E-state index in [9.17, 15) is 0 Å². The van der Waals surface area contributed by atoms with Crippen LogP contribution in [0.3, 0.4) is 0 Å². The molecular formula is C47H31N3O. The highest BCUT2D eigenvalue weighted by molar-refractivity contribution is 6.17. The summed E-state index contributed by atoms with van der Waals surface area (Å²) < 4.78 is 6.33. The number of hydrogen-bond acceptors (Lipinski definition) is 4. The van der Waals surface area contributed by atoms with Crippen molar-refractivity contribution in [3.8, 4) is 67.8 Å². The van der Waals surface area contributed by atoms with Gasteiger partial charge in [0, 0.05) is 38.4 Å². The normalized spacial score (nSPS) is 11.1. The Morgan fingerprint density at radius 2 is 0.863 bits per heavy atom. The van der Waals surface area contributed by atoms with E-state index in [0.29, 0.717) is 5.82 Å². The van der Waals surface area contributed by atoms with E-state index < -0.39 is 0 Å². The van der Waals surface area contributed by atoms with E-state index in [1.807, 2.05) is 97.1 Å². The lowest BCUT2D eigenvalue weighted by atomic mass is 9.93. The molecule has 0 spiro atoms. The first-order valence-corrected chi connectivity index (χ1v) is 17.0. The van der Waals surface area contributed by atoms with E-state index in [4.69, 9.17) is 19.7 Å². The molecule has 0 radical (unpaired) electrons. The summed E-state index contributed by atoms with van der Waals surface area (Å²) in [6.07, 6.45) is 0. The van der Waals surface area contributed by atoms with Gasteiger partial charge in [-0.1, -0.05) is 127 Å². The summed E-state index contributed by atoms with van der Waals surface area (Å²) in [6, 6.07) is 64.1. The lowest BCUT2D eigenvalue weighted by molar-refractivity contribution is 0.483. The molecule has 240 valence electrons. The maximum atomic E-state index is 6.33. The van der Waals surface area contributed by atoms with Crippen molar-refractivity contribution in [2.75, 3.05) is 0 Å². The zero-order valence-electron chi connectivity index (χ0n) is 27.6. The molecule has 0 saturated carbocycles. The minimum absolute atomic E-state index is 0.692. The van der Waals surface area contributed by atoms with Crippen LogP contribution < -0.4 is 4.74 Å². The average Bonchev–Trinajstić information content (AvgIpc) is 3.22. The van der Waals surface area contributed by atoms with Crippen LogP contribution in [0.15, 0.2) is 188 Å². The SMILES string of the molecule is c1ccc(-c2cc(-c3ccc(Oc4ccc(-c5nc6ccccc6c6c(-c7ccccc7)cccc56)cc4)cc3)nc(-c3ccccc3)n2)cc1. The van der Waals surface area contributed by atoms with Crippen LogP contribution in [0.1, 0.15) is 0 Å². The van der Waals surface area contributed by atoms with Gasteiger partial charge >= 0.3 is 0 Å². The van der Waals surface area contributed by atoms with Gasteiger partial charge < -0.3 is 4.74 Å². The maximum absolute atomic E-state index is 6.33. The molecule has 9 rings (SSSR count). The molecule has 2 heterocycles. The van der Waals surface area contributed by atoms with Crippen molar-refractivity contribution >= 4 is 21.7 Å². The van der Waals surface area contributed by atoms with Crippen molar-refractivity contribution < 1.29 is 4.74 Å². The number of pyridine rings is 1. The second-order valence-electron chi connectivity index (χ2n) is 12.4. The molecule has 0 aliphatic carbocycles. The van der Waals surface area contributed by atoms with Gasteiger partial charge in [-0.15, -0.1) is 0 Å². The molecule has 51 heavy (non-hydrogen) atoms. The first kappa shape index (κ1) is 30.2. The molecule has 0 bridgehead atoms. The van der Waals surface area contributed by atoms with Gasteiger partial charge in [-0.05, 0) is 71.8 Å². The Bertz CT molecular complexity index is 2560. The molecule has 9 aromatic rings. The highest BCUT2D eigenvalue weighted by atomic mass is 16.5. The Hall–Kier alpha value is -6.91. The molecule has 0 amide bonds. The number of hydrogen-bond donors (Lipinski definition) is 0. The fourth-order valence-corrected chi connectivity index (χ4v) is 6.66. The third-order valence-corrected chi connectivity index (χ3v) is 9.15. The van der Waals surface area contributed by atoms with E-state index in [1.54, 1.807) is 0 Å². The fourth-order valence-electron chi connectivity index (χ4n) is 6.66. The number of benzene rings is 7. The molecule has 0 saturated heterocycles. The number of fused-ring (bicyclic) bond motifs is 3. The van der Waals surface area contributed by atoms with Crippen molar-refractivity contribution in [3.63, 3.8) is 0 Å². The Morgan fingerprint density at radius 3 is 1.51 bits per heavy atom. The fraction of sp³-hybridized carbons (Fsp3) is 0. The second kappa shape index (κ2) is 13.2. The Morgan fingerprint density at radius 1 is 0.353 bits per heavy atom. The monoisotopic (exact) mass is 653 g/mol. The molecule has 0 aliphatic rings. The Kier molecular flexibility index (Phi) is 7.80. The highest BCUT2D eigenvalue weighted by Gasteiger charge is 2.15. The number of para-hydroxylation sites is 1. The first-order chi connectivity index (χ1) is 25.3. The van der Waals surface area contributed by atoms with E-state index in [2.05, 4.69) is 91.0 Å². The Balaban J connectivity index is 1.02. The molecular weight excluding hydrogens is 623 g/mol. The van der Waals surface area contributed by atoms with Crippen LogP contribution in [0.4, 0.5) is 0 Å².